The fourth-order valence-electron chi connectivity index (χ4n) is 0.0426. The van der Waals surface area contributed by atoms with Gasteiger partial charge in [-0.1, -0.05) is 6.42 Å². The average molecular weight is 132 g/mol. The highest BCUT2D eigenvalue weighted by Crippen LogP contribution is 1.66. The van der Waals surface area contributed by atoms with E-state index in [0.29, 0.717) is 0 Å². The van der Waals surface area contributed by atoms with Crippen molar-refractivity contribution in [3.63, 3.8) is 0 Å². The topological polar surface area (TPSA) is 61.1 Å². The van der Waals surface area contributed by atoms with Crippen molar-refractivity contribution >= 4 is 6.47 Å². The van der Waals surface area contributed by atoms with Gasteiger partial charge >= 0.3 is 0 Å². The summed E-state index contributed by atoms with van der Waals surface area (Å²) in [6.45, 7) is -0.0836. The van der Waals surface area contributed by atoms with Gasteiger partial charge in [-0.2, -0.15) is 9.30 Å². The highest BCUT2D eigenvalue weighted by atomic mass is 19.1. The summed E-state index contributed by atoms with van der Waals surface area (Å²) in [5.74, 6) is 0. The molecule has 0 aromatic carbocycles. The summed E-state index contributed by atoms with van der Waals surface area (Å²) in [7, 11) is 0. The molecule has 0 aliphatic rings. The summed E-state index contributed by atoms with van der Waals surface area (Å²) in [4.78, 5) is 2.11. The third kappa shape index (κ3) is 63.2. The molecule has 6 heteroatoms. The minimum Gasteiger partial charge on any atom is -0.165 e. The molecule has 0 bridgehead atoms. The highest BCUT2D eigenvalue weighted by molar-refractivity contribution is 5.43. The normalized spacial score (nSPS) is 6.33. The minimum absolute atomic E-state index is 0.0836. The quantitative estimate of drug-likeness (QED) is 0.130. The Morgan fingerprint density at radius 1 is 1.78 bits per heavy atom. The number of azide groups is 1. The molecule has 0 radical (unpaired) electrons. The lowest BCUT2D eigenvalue weighted by atomic mass is 11.4. The van der Waals surface area contributed by atoms with Crippen LogP contribution in [0.15, 0.2) is 10.3 Å². The van der Waals surface area contributed by atoms with Gasteiger partial charge in [-0.25, -0.2) is 0 Å². The predicted octanol–water partition coefficient (Wildman–Crippen LogP) is 1.76. The zero-order valence-corrected chi connectivity index (χ0v) is 4.20. The fraction of sp³-hybridized carbons (Fsp3) is 0. The lowest BCUT2D eigenvalue weighted by Crippen LogP contribution is -1.43. The van der Waals surface area contributed by atoms with Gasteiger partial charge in [-0.3, -0.25) is 0 Å². The van der Waals surface area contributed by atoms with E-state index in [1.165, 1.54) is 0 Å². The summed E-state index contributed by atoms with van der Waals surface area (Å²) in [6.07, 6.45) is 4.68. The highest BCUT2D eigenvalue weighted by Gasteiger charge is 1.57. The molecule has 0 spiro atoms. The van der Waals surface area contributed by atoms with Gasteiger partial charge < -0.3 is 0 Å². The van der Waals surface area contributed by atoms with Gasteiger partial charge in [0.1, 0.15) is 6.17 Å². The van der Waals surface area contributed by atoms with Crippen molar-refractivity contribution in [1.82, 2.24) is 0 Å². The second kappa shape index (κ2) is 16.1. The van der Waals surface area contributed by atoms with Crippen molar-refractivity contribution < 1.29 is 8.78 Å². The van der Waals surface area contributed by atoms with Crippen LogP contribution in [0.4, 0.5) is 8.78 Å². The molecule has 0 amide bonds. The lowest BCUT2D eigenvalue weighted by molar-refractivity contribution is 0.775. The van der Waals surface area contributed by atoms with Gasteiger partial charge in [0.2, 0.25) is 0 Å². The predicted molar refractivity (Wildman–Crippen MR) is 28.7 cm³/mol. The van der Waals surface area contributed by atoms with Crippen LogP contribution in [0.3, 0.4) is 0 Å². The van der Waals surface area contributed by atoms with Gasteiger partial charge in [-0.05, 0) is 5.10 Å². The first kappa shape index (κ1) is 10.4. The minimum atomic E-state index is -0.0836. The SMILES string of the molecule is C#CF.[N-]=[N+]=N/N=C/F. The van der Waals surface area contributed by atoms with E-state index >= 15 is 0 Å². The van der Waals surface area contributed by atoms with Crippen LogP contribution in [0, 0.1) is 12.6 Å². The fourth-order valence-corrected chi connectivity index (χ4v) is 0.0426. The smallest absolute Gasteiger partial charge is 0.165 e. The van der Waals surface area contributed by atoms with Gasteiger partial charge in [0, 0.05) is 5.22 Å². The Labute approximate surface area is 49.8 Å². The Bertz CT molecular complexity index is 152. The molecule has 0 heterocycles. The maximum atomic E-state index is 10.6. The van der Waals surface area contributed by atoms with Crippen LogP contribution in [-0.4, -0.2) is 6.47 Å². The Morgan fingerprint density at radius 2 is 2.22 bits per heavy atom. The maximum absolute atomic E-state index is 10.6. The monoisotopic (exact) mass is 132 g/mol. The molecule has 0 atom stereocenters. The number of halogens is 2. The number of rotatable bonds is 1. The van der Waals surface area contributed by atoms with Crippen LogP contribution in [-0.2, 0) is 0 Å². The van der Waals surface area contributed by atoms with Gasteiger partial charge in [0.05, 0.1) is 0 Å². The Hall–Kier alpha value is -1.60. The van der Waals surface area contributed by atoms with Crippen molar-refractivity contribution in [1.29, 1.82) is 0 Å². The molecule has 48 valence electrons. The first-order chi connectivity index (χ1) is 4.33. The Balaban J connectivity index is 0. The maximum Gasteiger partial charge on any atom is 0.290 e. The molecule has 4 nitrogen and oxygen atoms in total. The zero-order chi connectivity index (χ0) is 7.54. The second-order valence-electron chi connectivity index (χ2n) is 0.501. The molecule has 0 aromatic rings. The molecular weight excluding hydrogens is 130 g/mol. The van der Waals surface area contributed by atoms with E-state index in [2.05, 4.69) is 21.7 Å². The number of nitrogens with zero attached hydrogens (tertiary/aromatic N) is 4. The van der Waals surface area contributed by atoms with E-state index in [1.54, 1.807) is 0 Å². The molecule has 0 fully saturated rings. The van der Waals surface area contributed by atoms with Crippen molar-refractivity contribution in [2.75, 3.05) is 0 Å². The van der Waals surface area contributed by atoms with Crippen LogP contribution < -0.4 is 0 Å². The van der Waals surface area contributed by atoms with Gasteiger partial charge in [0.25, 0.3) is 6.47 Å². The molecule has 0 rings (SSSR count). The molecule has 0 N–H and O–H groups in total. The number of terminal acetylenes is 1. The molecule has 9 heavy (non-hydrogen) atoms. The van der Waals surface area contributed by atoms with Crippen molar-refractivity contribution in [3.05, 3.63) is 10.4 Å². The molecular formula is C3H2F2N4. The number of hydrogen-bond donors (Lipinski definition) is 0. The summed E-state index contributed by atoms with van der Waals surface area (Å²) >= 11 is 0. The van der Waals surface area contributed by atoms with Crippen molar-refractivity contribution in [3.8, 4) is 12.6 Å². The van der Waals surface area contributed by atoms with Crippen molar-refractivity contribution in [2.45, 2.75) is 0 Å². The van der Waals surface area contributed by atoms with Crippen LogP contribution in [0.2, 0.25) is 0 Å². The van der Waals surface area contributed by atoms with Gasteiger partial charge in [0.15, 0.2) is 0 Å². The Kier molecular flexibility index (Phi) is 18.6. The average Bonchev–Trinajstić information content (AvgIpc) is 1.86. The third-order valence-electron chi connectivity index (χ3n) is 0.135. The molecule has 0 unspecified atom stereocenters. The van der Waals surface area contributed by atoms with Crippen LogP contribution in [0.25, 0.3) is 10.4 Å². The van der Waals surface area contributed by atoms with Crippen LogP contribution in [0.1, 0.15) is 0 Å². The summed E-state index contributed by atoms with van der Waals surface area (Å²) in [5.41, 5.74) is 7.38. The molecule has 0 saturated carbocycles. The van der Waals surface area contributed by atoms with E-state index in [9.17, 15) is 8.78 Å². The van der Waals surface area contributed by atoms with E-state index in [0.717, 1.165) is 6.17 Å². The Morgan fingerprint density at radius 3 is 2.33 bits per heavy atom. The van der Waals surface area contributed by atoms with E-state index < -0.39 is 0 Å². The third-order valence-corrected chi connectivity index (χ3v) is 0.135. The summed E-state index contributed by atoms with van der Waals surface area (Å²) in [5, 5.41) is 4.97. The van der Waals surface area contributed by atoms with E-state index in [4.69, 9.17) is 5.53 Å². The first-order valence-corrected chi connectivity index (χ1v) is 1.55. The van der Waals surface area contributed by atoms with Gasteiger partial charge in [-0.15, -0.1) is 9.92 Å². The standard InChI is InChI=1S/C2HF.CHFN4/c1-2-3;2-1-4-6-5-3/h1H;1H/b;4-1+. The van der Waals surface area contributed by atoms with E-state index in [-0.39, 0.29) is 6.47 Å². The second-order valence-corrected chi connectivity index (χ2v) is 0.501. The molecule has 0 aliphatic heterocycles. The first-order valence-electron chi connectivity index (χ1n) is 1.55. The molecule has 0 aliphatic carbocycles. The summed E-state index contributed by atoms with van der Waals surface area (Å²) in [6, 6.07) is 0. The largest absolute Gasteiger partial charge is 0.290 e. The van der Waals surface area contributed by atoms with Crippen LogP contribution >= 0.6 is 0 Å². The number of hydrogen-bond acceptors (Lipinski definition) is 1. The van der Waals surface area contributed by atoms with E-state index in [1.807, 2.05) is 0 Å². The zero-order valence-electron chi connectivity index (χ0n) is 4.20. The molecule has 0 saturated heterocycles. The summed E-state index contributed by atoms with van der Waals surface area (Å²) < 4.78 is 20.4. The molecule has 0 aromatic heterocycles. The van der Waals surface area contributed by atoms with Crippen LogP contribution in [0.5, 0.6) is 0 Å². The van der Waals surface area contributed by atoms with Crippen molar-refractivity contribution in [2.24, 2.45) is 10.3 Å². The lowest BCUT2D eigenvalue weighted by Gasteiger charge is -1.49.